The second kappa shape index (κ2) is 6.53. The molecule has 0 bridgehead atoms. The SMILES string of the molecule is COc1ccc(CNCC2(SC)CCC2)c(OC)c1. The fourth-order valence-corrected chi connectivity index (χ4v) is 3.39. The minimum Gasteiger partial charge on any atom is -0.497 e. The highest BCUT2D eigenvalue weighted by Gasteiger charge is 2.35. The number of hydrogen-bond acceptors (Lipinski definition) is 4. The van der Waals surface area contributed by atoms with E-state index in [0.717, 1.165) is 24.6 Å². The molecule has 19 heavy (non-hydrogen) atoms. The number of benzene rings is 1. The molecule has 1 saturated carbocycles. The Kier molecular flexibility index (Phi) is 4.99. The average molecular weight is 281 g/mol. The van der Waals surface area contributed by atoms with Crippen molar-refractivity contribution in [2.45, 2.75) is 30.6 Å². The van der Waals surface area contributed by atoms with Gasteiger partial charge in [0, 0.05) is 29.5 Å². The van der Waals surface area contributed by atoms with Gasteiger partial charge in [-0.05, 0) is 25.2 Å². The second-order valence-corrected chi connectivity index (χ2v) is 6.30. The fraction of sp³-hybridized carbons (Fsp3) is 0.600. The Balaban J connectivity index is 1.92. The van der Waals surface area contributed by atoms with Gasteiger partial charge in [-0.25, -0.2) is 0 Å². The first-order valence-electron chi connectivity index (χ1n) is 6.70. The van der Waals surface area contributed by atoms with Gasteiger partial charge in [0.05, 0.1) is 14.2 Å². The summed E-state index contributed by atoms with van der Waals surface area (Å²) in [6, 6.07) is 5.98. The largest absolute Gasteiger partial charge is 0.497 e. The van der Waals surface area contributed by atoms with Crippen molar-refractivity contribution < 1.29 is 9.47 Å². The van der Waals surface area contributed by atoms with Gasteiger partial charge in [0.1, 0.15) is 11.5 Å². The minimum atomic E-state index is 0.472. The summed E-state index contributed by atoms with van der Waals surface area (Å²) >= 11 is 2.00. The number of methoxy groups -OCH3 is 2. The molecule has 106 valence electrons. The second-order valence-electron chi connectivity index (χ2n) is 5.02. The molecular weight excluding hydrogens is 258 g/mol. The first-order valence-corrected chi connectivity index (χ1v) is 7.92. The lowest BCUT2D eigenvalue weighted by Gasteiger charge is -2.40. The quantitative estimate of drug-likeness (QED) is 0.832. The molecule has 1 aromatic carbocycles. The Morgan fingerprint density at radius 2 is 2.05 bits per heavy atom. The Hall–Kier alpha value is -0.870. The summed E-state index contributed by atoms with van der Waals surface area (Å²) in [6.07, 6.45) is 6.25. The van der Waals surface area contributed by atoms with Crippen molar-refractivity contribution in [3.8, 4) is 11.5 Å². The molecule has 4 heteroatoms. The first kappa shape index (κ1) is 14.5. The molecule has 1 aliphatic rings. The van der Waals surface area contributed by atoms with Crippen LogP contribution in [0.5, 0.6) is 11.5 Å². The molecule has 1 aliphatic carbocycles. The molecule has 0 spiro atoms. The predicted octanol–water partition coefficient (Wildman–Crippen LogP) is 3.08. The van der Waals surface area contributed by atoms with Crippen LogP contribution in [0.15, 0.2) is 18.2 Å². The van der Waals surface area contributed by atoms with Gasteiger partial charge in [0.15, 0.2) is 0 Å². The van der Waals surface area contributed by atoms with Crippen molar-refractivity contribution in [1.29, 1.82) is 0 Å². The molecule has 1 aromatic rings. The molecule has 1 N–H and O–H groups in total. The Morgan fingerprint density at radius 1 is 1.26 bits per heavy atom. The lowest BCUT2D eigenvalue weighted by atomic mass is 9.84. The van der Waals surface area contributed by atoms with Gasteiger partial charge < -0.3 is 14.8 Å². The summed E-state index contributed by atoms with van der Waals surface area (Å²) < 4.78 is 11.1. The van der Waals surface area contributed by atoms with Crippen molar-refractivity contribution >= 4 is 11.8 Å². The van der Waals surface area contributed by atoms with Crippen LogP contribution < -0.4 is 14.8 Å². The molecule has 0 saturated heterocycles. The van der Waals surface area contributed by atoms with Crippen LogP contribution in [0.1, 0.15) is 24.8 Å². The zero-order chi connectivity index (χ0) is 13.7. The lowest BCUT2D eigenvalue weighted by Crippen LogP contribution is -2.43. The summed E-state index contributed by atoms with van der Waals surface area (Å²) in [5, 5.41) is 3.57. The van der Waals surface area contributed by atoms with Crippen molar-refractivity contribution in [2.24, 2.45) is 0 Å². The van der Waals surface area contributed by atoms with E-state index < -0.39 is 0 Å². The van der Waals surface area contributed by atoms with E-state index in [0.29, 0.717) is 4.75 Å². The molecule has 1 fully saturated rings. The van der Waals surface area contributed by atoms with E-state index in [1.165, 1.54) is 24.8 Å². The number of rotatable bonds is 7. The van der Waals surface area contributed by atoms with Crippen LogP contribution in [0.25, 0.3) is 0 Å². The molecule has 2 rings (SSSR count). The highest BCUT2D eigenvalue weighted by molar-refractivity contribution is 8.00. The molecule has 0 aromatic heterocycles. The van der Waals surface area contributed by atoms with E-state index in [4.69, 9.17) is 9.47 Å². The zero-order valence-electron chi connectivity index (χ0n) is 12.0. The van der Waals surface area contributed by atoms with Crippen molar-refractivity contribution in [2.75, 3.05) is 27.0 Å². The number of ether oxygens (including phenoxy) is 2. The molecule has 0 amide bonds. The van der Waals surface area contributed by atoms with Crippen molar-refractivity contribution in [3.05, 3.63) is 23.8 Å². The summed E-state index contributed by atoms with van der Waals surface area (Å²) in [6.45, 7) is 1.92. The fourth-order valence-electron chi connectivity index (χ4n) is 2.45. The van der Waals surface area contributed by atoms with Gasteiger partial charge in [-0.1, -0.05) is 12.5 Å². The minimum absolute atomic E-state index is 0.472. The molecule has 0 atom stereocenters. The van der Waals surface area contributed by atoms with E-state index in [2.05, 4.69) is 17.6 Å². The van der Waals surface area contributed by atoms with Crippen LogP contribution in [-0.2, 0) is 6.54 Å². The van der Waals surface area contributed by atoms with Gasteiger partial charge in [-0.2, -0.15) is 11.8 Å². The third kappa shape index (κ3) is 3.37. The standard InChI is InChI=1S/C15H23NO2S/c1-17-13-6-5-12(14(9-13)18-2)10-16-11-15(19-3)7-4-8-15/h5-6,9,16H,4,7-8,10-11H2,1-3H3. The van der Waals surface area contributed by atoms with Crippen LogP contribution in [0.3, 0.4) is 0 Å². The molecule has 0 unspecified atom stereocenters. The smallest absolute Gasteiger partial charge is 0.127 e. The van der Waals surface area contributed by atoms with Crippen LogP contribution in [0, 0.1) is 0 Å². The maximum atomic E-state index is 5.41. The van der Waals surface area contributed by atoms with Crippen LogP contribution in [-0.4, -0.2) is 31.8 Å². The summed E-state index contributed by atoms with van der Waals surface area (Å²) in [5.74, 6) is 1.72. The van der Waals surface area contributed by atoms with Crippen LogP contribution in [0.2, 0.25) is 0 Å². The Morgan fingerprint density at radius 3 is 2.58 bits per heavy atom. The molecule has 3 nitrogen and oxygen atoms in total. The highest BCUT2D eigenvalue weighted by Crippen LogP contribution is 2.42. The van der Waals surface area contributed by atoms with Gasteiger partial charge in [0.25, 0.3) is 0 Å². The maximum Gasteiger partial charge on any atom is 0.127 e. The Bertz CT molecular complexity index is 413. The van der Waals surface area contributed by atoms with Gasteiger partial charge >= 0.3 is 0 Å². The van der Waals surface area contributed by atoms with Gasteiger partial charge in [-0.15, -0.1) is 0 Å². The Labute approximate surface area is 120 Å². The lowest BCUT2D eigenvalue weighted by molar-refractivity contribution is 0.343. The third-order valence-corrected chi connectivity index (χ3v) is 5.37. The summed E-state index contributed by atoms with van der Waals surface area (Å²) in [4.78, 5) is 0. The molecule has 0 radical (unpaired) electrons. The van der Waals surface area contributed by atoms with Crippen LogP contribution >= 0.6 is 11.8 Å². The van der Waals surface area contributed by atoms with Gasteiger partial charge in [-0.3, -0.25) is 0 Å². The first-order chi connectivity index (χ1) is 9.23. The zero-order valence-corrected chi connectivity index (χ0v) is 12.8. The molecule has 0 aliphatic heterocycles. The van der Waals surface area contributed by atoms with E-state index in [1.807, 2.05) is 23.9 Å². The monoisotopic (exact) mass is 281 g/mol. The normalized spacial score (nSPS) is 16.8. The number of thioether (sulfide) groups is 1. The number of hydrogen-bond donors (Lipinski definition) is 1. The van der Waals surface area contributed by atoms with Crippen molar-refractivity contribution in [3.63, 3.8) is 0 Å². The van der Waals surface area contributed by atoms with Crippen LogP contribution in [0.4, 0.5) is 0 Å². The topological polar surface area (TPSA) is 30.5 Å². The number of nitrogens with one attached hydrogen (secondary N) is 1. The highest BCUT2D eigenvalue weighted by atomic mass is 32.2. The molecular formula is C15H23NO2S. The van der Waals surface area contributed by atoms with Crippen molar-refractivity contribution in [1.82, 2.24) is 5.32 Å². The summed E-state index contributed by atoms with van der Waals surface area (Å²) in [7, 11) is 3.37. The molecule has 0 heterocycles. The predicted molar refractivity (Wildman–Crippen MR) is 81.3 cm³/mol. The maximum absolute atomic E-state index is 5.41. The van der Waals surface area contributed by atoms with E-state index in [1.54, 1.807) is 14.2 Å². The van der Waals surface area contributed by atoms with E-state index in [-0.39, 0.29) is 0 Å². The van der Waals surface area contributed by atoms with E-state index >= 15 is 0 Å². The third-order valence-electron chi connectivity index (χ3n) is 3.95. The average Bonchev–Trinajstić information content (AvgIpc) is 2.42. The van der Waals surface area contributed by atoms with Gasteiger partial charge in [0.2, 0.25) is 0 Å². The van der Waals surface area contributed by atoms with E-state index in [9.17, 15) is 0 Å². The summed E-state index contributed by atoms with van der Waals surface area (Å²) in [5.41, 5.74) is 1.18.